The van der Waals surface area contributed by atoms with Crippen molar-refractivity contribution >= 4 is 28.3 Å². The minimum atomic E-state index is 0.236. The maximum atomic E-state index is 6.20. The molecule has 4 aromatic rings. The van der Waals surface area contributed by atoms with Crippen molar-refractivity contribution in [3.63, 3.8) is 0 Å². The smallest absolute Gasteiger partial charge is 0.224 e. The van der Waals surface area contributed by atoms with Crippen molar-refractivity contribution in [2.75, 3.05) is 5.32 Å². The van der Waals surface area contributed by atoms with E-state index in [4.69, 9.17) is 16.6 Å². The number of hydrogen-bond donors (Lipinski definition) is 1. The largest absolute Gasteiger partial charge is 0.364 e. The molecule has 5 heteroatoms. The first-order valence-corrected chi connectivity index (χ1v) is 9.87. The number of aromatic nitrogens is 3. The molecule has 1 N–H and O–H groups in total. The van der Waals surface area contributed by atoms with Crippen molar-refractivity contribution in [1.29, 1.82) is 0 Å². The van der Waals surface area contributed by atoms with Crippen molar-refractivity contribution in [2.45, 2.75) is 25.3 Å². The van der Waals surface area contributed by atoms with Gasteiger partial charge in [-0.15, -0.1) is 0 Å². The monoisotopic (exact) mass is 386 g/mol. The molecule has 0 spiro atoms. The molecule has 1 aliphatic carbocycles. The van der Waals surface area contributed by atoms with E-state index in [0.717, 1.165) is 33.5 Å². The van der Waals surface area contributed by atoms with E-state index in [-0.39, 0.29) is 5.28 Å². The van der Waals surface area contributed by atoms with Gasteiger partial charge in [0.1, 0.15) is 5.82 Å². The lowest BCUT2D eigenvalue weighted by atomic mass is 10.0. The molecule has 2 aromatic carbocycles. The molecule has 1 saturated carbocycles. The molecule has 0 atom stereocenters. The van der Waals surface area contributed by atoms with Crippen molar-refractivity contribution in [3.05, 3.63) is 83.4 Å². The van der Waals surface area contributed by atoms with E-state index < -0.39 is 0 Å². The number of pyridine rings is 1. The Morgan fingerprint density at radius 2 is 1.68 bits per heavy atom. The zero-order chi connectivity index (χ0) is 18.9. The Kier molecular flexibility index (Phi) is 4.41. The lowest BCUT2D eigenvalue weighted by Gasteiger charge is -2.13. The number of benzene rings is 2. The lowest BCUT2D eigenvalue weighted by Crippen LogP contribution is -2.06. The van der Waals surface area contributed by atoms with Gasteiger partial charge in [-0.25, -0.2) is 9.97 Å². The van der Waals surface area contributed by atoms with Gasteiger partial charge >= 0.3 is 0 Å². The van der Waals surface area contributed by atoms with E-state index in [1.807, 2.05) is 36.4 Å². The van der Waals surface area contributed by atoms with Crippen LogP contribution in [0.25, 0.3) is 22.0 Å². The van der Waals surface area contributed by atoms with Crippen LogP contribution >= 0.6 is 11.6 Å². The molecule has 0 unspecified atom stereocenters. The number of anilines is 1. The molecule has 2 heterocycles. The van der Waals surface area contributed by atoms with Gasteiger partial charge in [0.15, 0.2) is 0 Å². The Hall–Kier alpha value is -2.98. The minimum absolute atomic E-state index is 0.236. The normalized spacial score (nSPS) is 13.6. The fourth-order valence-electron chi connectivity index (χ4n) is 3.52. The van der Waals surface area contributed by atoms with Crippen LogP contribution in [0.4, 0.5) is 5.82 Å². The molecule has 5 rings (SSSR count). The molecule has 0 radical (unpaired) electrons. The molecule has 0 bridgehead atoms. The number of rotatable bonds is 5. The summed E-state index contributed by atoms with van der Waals surface area (Å²) in [5.41, 5.74) is 5.22. The number of nitrogens with one attached hydrogen (secondary N) is 1. The highest BCUT2D eigenvalue weighted by Crippen LogP contribution is 2.39. The first-order valence-electron chi connectivity index (χ1n) is 9.49. The number of fused-ring (bicyclic) bond motifs is 1. The Morgan fingerprint density at radius 3 is 2.50 bits per heavy atom. The predicted octanol–water partition coefficient (Wildman–Crippen LogP) is 5.83. The SMILES string of the molecule is Clc1nc(NCc2cccc(C3CC3)n2)c2c(-c3ccccc3)cccc2n1. The third kappa shape index (κ3) is 3.43. The maximum Gasteiger partial charge on any atom is 0.224 e. The van der Waals surface area contributed by atoms with Crippen molar-refractivity contribution in [1.82, 2.24) is 15.0 Å². The standard InChI is InChI=1S/C23H19ClN4/c24-23-27-20-11-5-9-18(15-6-2-1-3-7-15)21(20)22(28-23)25-14-17-8-4-10-19(26-17)16-12-13-16/h1-11,16H,12-14H2,(H,25,27,28). The van der Waals surface area contributed by atoms with Crippen molar-refractivity contribution in [2.24, 2.45) is 0 Å². The molecule has 0 saturated heterocycles. The molecule has 0 aliphatic heterocycles. The molecule has 28 heavy (non-hydrogen) atoms. The second-order valence-corrected chi connectivity index (χ2v) is 7.43. The Bertz CT molecular complexity index is 1140. The average molecular weight is 387 g/mol. The summed E-state index contributed by atoms with van der Waals surface area (Å²) < 4.78 is 0. The zero-order valence-corrected chi connectivity index (χ0v) is 16.0. The van der Waals surface area contributed by atoms with Crippen molar-refractivity contribution in [3.8, 4) is 11.1 Å². The van der Waals surface area contributed by atoms with Gasteiger partial charge < -0.3 is 5.32 Å². The highest BCUT2D eigenvalue weighted by Gasteiger charge is 2.24. The topological polar surface area (TPSA) is 50.7 Å². The van der Waals surface area contributed by atoms with Gasteiger partial charge in [-0.1, -0.05) is 48.5 Å². The van der Waals surface area contributed by atoms with Gasteiger partial charge in [0.05, 0.1) is 23.1 Å². The van der Waals surface area contributed by atoms with Crippen LogP contribution in [0.15, 0.2) is 66.7 Å². The van der Waals surface area contributed by atoms with Crippen LogP contribution in [0.2, 0.25) is 5.28 Å². The summed E-state index contributed by atoms with van der Waals surface area (Å²) in [4.78, 5) is 13.7. The fourth-order valence-corrected chi connectivity index (χ4v) is 3.69. The molecule has 1 fully saturated rings. The Balaban J connectivity index is 1.54. The zero-order valence-electron chi connectivity index (χ0n) is 15.3. The Morgan fingerprint density at radius 1 is 0.857 bits per heavy atom. The lowest BCUT2D eigenvalue weighted by molar-refractivity contribution is 0.948. The number of hydrogen-bond acceptors (Lipinski definition) is 4. The van der Waals surface area contributed by atoms with E-state index in [1.165, 1.54) is 18.5 Å². The minimum Gasteiger partial charge on any atom is -0.364 e. The summed E-state index contributed by atoms with van der Waals surface area (Å²) in [6.45, 7) is 0.589. The third-order valence-corrected chi connectivity index (χ3v) is 5.21. The van der Waals surface area contributed by atoms with Gasteiger partial charge in [0.25, 0.3) is 0 Å². The first kappa shape index (κ1) is 17.1. The van der Waals surface area contributed by atoms with E-state index in [2.05, 4.69) is 45.6 Å². The van der Waals surface area contributed by atoms with Gasteiger partial charge in [-0.2, -0.15) is 0 Å². The van der Waals surface area contributed by atoms with E-state index in [0.29, 0.717) is 12.5 Å². The molecule has 0 amide bonds. The van der Waals surface area contributed by atoms with E-state index in [9.17, 15) is 0 Å². The Labute approximate surface area is 168 Å². The molecular formula is C23H19ClN4. The molecule has 1 aliphatic rings. The van der Waals surface area contributed by atoms with Crippen LogP contribution in [0.5, 0.6) is 0 Å². The van der Waals surface area contributed by atoms with Gasteiger partial charge in [-0.3, -0.25) is 4.98 Å². The third-order valence-electron chi connectivity index (χ3n) is 5.04. The van der Waals surface area contributed by atoms with Crippen LogP contribution < -0.4 is 5.32 Å². The van der Waals surface area contributed by atoms with Crippen LogP contribution in [0, 0.1) is 0 Å². The van der Waals surface area contributed by atoms with Gasteiger partial charge in [0, 0.05) is 11.6 Å². The molecule has 4 nitrogen and oxygen atoms in total. The second kappa shape index (κ2) is 7.21. The average Bonchev–Trinajstić information content (AvgIpc) is 3.58. The molecular weight excluding hydrogens is 368 g/mol. The number of halogens is 1. The maximum absolute atomic E-state index is 6.20. The van der Waals surface area contributed by atoms with Gasteiger partial charge in [0.2, 0.25) is 5.28 Å². The fraction of sp³-hybridized carbons (Fsp3) is 0.174. The predicted molar refractivity (Wildman–Crippen MR) is 114 cm³/mol. The van der Waals surface area contributed by atoms with Gasteiger partial charge in [-0.05, 0) is 53.8 Å². The second-order valence-electron chi connectivity index (χ2n) is 7.09. The number of nitrogens with zero attached hydrogens (tertiary/aromatic N) is 3. The van der Waals surface area contributed by atoms with Crippen LogP contribution in [0.1, 0.15) is 30.1 Å². The highest BCUT2D eigenvalue weighted by atomic mass is 35.5. The highest BCUT2D eigenvalue weighted by molar-refractivity contribution is 6.29. The van der Waals surface area contributed by atoms with Crippen molar-refractivity contribution < 1.29 is 0 Å². The summed E-state index contributed by atoms with van der Waals surface area (Å²) in [7, 11) is 0. The summed E-state index contributed by atoms with van der Waals surface area (Å²) in [6.07, 6.45) is 2.49. The summed E-state index contributed by atoms with van der Waals surface area (Å²) in [5.74, 6) is 1.37. The van der Waals surface area contributed by atoms with Crippen LogP contribution in [-0.4, -0.2) is 15.0 Å². The van der Waals surface area contributed by atoms with E-state index in [1.54, 1.807) is 0 Å². The summed E-state index contributed by atoms with van der Waals surface area (Å²) in [6, 6.07) is 22.6. The van der Waals surface area contributed by atoms with E-state index >= 15 is 0 Å². The molecule has 138 valence electrons. The van der Waals surface area contributed by atoms with Crippen LogP contribution in [-0.2, 0) is 6.54 Å². The summed E-state index contributed by atoms with van der Waals surface area (Å²) in [5, 5.41) is 4.65. The quantitative estimate of drug-likeness (QED) is 0.438. The first-order chi connectivity index (χ1) is 13.8. The van der Waals surface area contributed by atoms with Crippen LogP contribution in [0.3, 0.4) is 0 Å². The molecule has 2 aromatic heterocycles. The summed E-state index contributed by atoms with van der Waals surface area (Å²) >= 11 is 6.20.